The van der Waals surface area contributed by atoms with E-state index < -0.39 is 5.91 Å². The van der Waals surface area contributed by atoms with E-state index in [2.05, 4.69) is 21.2 Å². The lowest BCUT2D eigenvalue weighted by atomic mass is 10.1. The van der Waals surface area contributed by atoms with Crippen LogP contribution in [0.25, 0.3) is 6.08 Å². The van der Waals surface area contributed by atoms with Gasteiger partial charge in [0.2, 0.25) is 0 Å². The van der Waals surface area contributed by atoms with Gasteiger partial charge in [-0.15, -0.1) is 0 Å². The molecule has 0 aromatic heterocycles. The van der Waals surface area contributed by atoms with E-state index in [1.807, 2.05) is 60.7 Å². The minimum Gasteiger partial charge on any atom is -0.489 e. The number of benzene rings is 4. The van der Waals surface area contributed by atoms with Gasteiger partial charge in [-0.2, -0.15) is 5.26 Å². The SMILES string of the molecule is N#C/C(=C\c1ccc(OCc2ccccc2)c(Br)c1)C(=O)Nc1ccc(OCc2ccc(Cl)cc2)cc1. The summed E-state index contributed by atoms with van der Waals surface area (Å²) in [5.41, 5.74) is 3.27. The summed E-state index contributed by atoms with van der Waals surface area (Å²) in [6, 6.07) is 31.6. The van der Waals surface area contributed by atoms with Gasteiger partial charge in [-0.25, -0.2) is 0 Å². The van der Waals surface area contributed by atoms with Crippen molar-refractivity contribution >= 4 is 45.2 Å². The molecule has 0 heterocycles. The maximum Gasteiger partial charge on any atom is 0.266 e. The lowest BCUT2D eigenvalue weighted by Gasteiger charge is -2.10. The summed E-state index contributed by atoms with van der Waals surface area (Å²) >= 11 is 9.41. The van der Waals surface area contributed by atoms with Gasteiger partial charge in [-0.05, 0) is 87.2 Å². The normalized spacial score (nSPS) is 10.9. The van der Waals surface area contributed by atoms with Crippen molar-refractivity contribution in [3.8, 4) is 17.6 Å². The molecule has 0 aliphatic carbocycles. The van der Waals surface area contributed by atoms with Gasteiger partial charge in [-0.3, -0.25) is 4.79 Å². The highest BCUT2D eigenvalue weighted by atomic mass is 79.9. The summed E-state index contributed by atoms with van der Waals surface area (Å²) in [5.74, 6) is 0.823. The van der Waals surface area contributed by atoms with E-state index in [9.17, 15) is 10.1 Å². The van der Waals surface area contributed by atoms with E-state index in [4.69, 9.17) is 21.1 Å². The Morgan fingerprint density at radius 1 is 0.892 bits per heavy atom. The van der Waals surface area contributed by atoms with Crippen LogP contribution in [0.5, 0.6) is 11.5 Å². The summed E-state index contributed by atoms with van der Waals surface area (Å²) in [4.78, 5) is 12.7. The lowest BCUT2D eigenvalue weighted by Crippen LogP contribution is -2.13. The first kappa shape index (κ1) is 26.0. The summed E-state index contributed by atoms with van der Waals surface area (Å²) < 4.78 is 12.4. The van der Waals surface area contributed by atoms with Gasteiger partial charge in [0.15, 0.2) is 0 Å². The van der Waals surface area contributed by atoms with Crippen LogP contribution >= 0.6 is 27.5 Å². The number of hydrogen-bond donors (Lipinski definition) is 1. The molecule has 0 radical (unpaired) electrons. The van der Waals surface area contributed by atoms with Crippen LogP contribution in [0, 0.1) is 11.3 Å². The summed E-state index contributed by atoms with van der Waals surface area (Å²) in [7, 11) is 0. The van der Waals surface area contributed by atoms with Crippen molar-refractivity contribution in [2.45, 2.75) is 13.2 Å². The number of nitrogens with zero attached hydrogens (tertiary/aromatic N) is 1. The molecule has 0 aliphatic rings. The molecule has 0 fully saturated rings. The van der Waals surface area contributed by atoms with Crippen molar-refractivity contribution in [1.29, 1.82) is 5.26 Å². The molecule has 4 aromatic rings. The van der Waals surface area contributed by atoms with E-state index in [1.165, 1.54) is 6.08 Å². The molecule has 4 aromatic carbocycles. The van der Waals surface area contributed by atoms with Crippen LogP contribution in [0.2, 0.25) is 5.02 Å². The van der Waals surface area contributed by atoms with Crippen molar-refractivity contribution in [2.24, 2.45) is 0 Å². The minimum atomic E-state index is -0.502. The summed E-state index contributed by atoms with van der Waals surface area (Å²) in [5, 5.41) is 13.0. The van der Waals surface area contributed by atoms with Crippen LogP contribution in [0.4, 0.5) is 5.69 Å². The predicted molar refractivity (Wildman–Crippen MR) is 149 cm³/mol. The highest BCUT2D eigenvalue weighted by molar-refractivity contribution is 9.10. The number of hydrogen-bond acceptors (Lipinski definition) is 4. The lowest BCUT2D eigenvalue weighted by molar-refractivity contribution is -0.112. The Morgan fingerprint density at radius 2 is 1.57 bits per heavy atom. The van der Waals surface area contributed by atoms with Crippen molar-refractivity contribution in [3.05, 3.63) is 129 Å². The highest BCUT2D eigenvalue weighted by Gasteiger charge is 2.11. The van der Waals surface area contributed by atoms with Crippen LogP contribution in [-0.2, 0) is 18.0 Å². The van der Waals surface area contributed by atoms with E-state index >= 15 is 0 Å². The van der Waals surface area contributed by atoms with E-state index in [0.29, 0.717) is 41.0 Å². The zero-order valence-corrected chi connectivity index (χ0v) is 22.0. The second-order valence-electron chi connectivity index (χ2n) is 8.03. The molecule has 0 atom stereocenters. The molecule has 0 aliphatic heterocycles. The zero-order chi connectivity index (χ0) is 26.0. The molecule has 0 spiro atoms. The Labute approximate surface area is 229 Å². The third kappa shape index (κ3) is 7.71. The van der Waals surface area contributed by atoms with Gasteiger partial charge >= 0.3 is 0 Å². The van der Waals surface area contributed by atoms with Gasteiger partial charge in [-0.1, -0.05) is 60.1 Å². The Kier molecular flexibility index (Phi) is 8.98. The quantitative estimate of drug-likeness (QED) is 0.164. The molecule has 1 N–H and O–H groups in total. The molecule has 0 bridgehead atoms. The van der Waals surface area contributed by atoms with Crippen molar-refractivity contribution in [3.63, 3.8) is 0 Å². The molecule has 7 heteroatoms. The maximum absolute atomic E-state index is 12.7. The van der Waals surface area contributed by atoms with Crippen LogP contribution in [0.15, 0.2) is 107 Å². The smallest absolute Gasteiger partial charge is 0.266 e. The van der Waals surface area contributed by atoms with E-state index in [0.717, 1.165) is 15.6 Å². The topological polar surface area (TPSA) is 71.3 Å². The van der Waals surface area contributed by atoms with Gasteiger partial charge in [0.05, 0.1) is 4.47 Å². The summed E-state index contributed by atoms with van der Waals surface area (Å²) in [6.45, 7) is 0.835. The number of rotatable bonds is 9. The molecule has 4 rings (SSSR count). The van der Waals surface area contributed by atoms with E-state index in [1.54, 1.807) is 42.5 Å². The third-order valence-electron chi connectivity index (χ3n) is 5.30. The predicted octanol–water partition coefficient (Wildman–Crippen LogP) is 7.81. The molecule has 1 amide bonds. The van der Waals surface area contributed by atoms with Gasteiger partial charge in [0.25, 0.3) is 5.91 Å². The number of amides is 1. The molecule has 0 saturated heterocycles. The molecule has 0 saturated carbocycles. The zero-order valence-electron chi connectivity index (χ0n) is 19.7. The number of nitrogens with one attached hydrogen (secondary N) is 1. The first-order chi connectivity index (χ1) is 18.0. The first-order valence-corrected chi connectivity index (χ1v) is 12.5. The molecular formula is C30H22BrClN2O3. The fourth-order valence-corrected chi connectivity index (χ4v) is 3.99. The van der Waals surface area contributed by atoms with Crippen molar-refractivity contribution < 1.29 is 14.3 Å². The van der Waals surface area contributed by atoms with Gasteiger partial charge in [0, 0.05) is 10.7 Å². The first-order valence-electron chi connectivity index (χ1n) is 11.4. The maximum atomic E-state index is 12.7. The van der Waals surface area contributed by atoms with Crippen molar-refractivity contribution in [1.82, 2.24) is 0 Å². The van der Waals surface area contributed by atoms with Crippen LogP contribution in [0.3, 0.4) is 0 Å². The highest BCUT2D eigenvalue weighted by Crippen LogP contribution is 2.28. The molecule has 184 valence electrons. The van der Waals surface area contributed by atoms with Gasteiger partial charge in [0.1, 0.15) is 36.4 Å². The largest absolute Gasteiger partial charge is 0.489 e. The average Bonchev–Trinajstić information content (AvgIpc) is 2.92. The Bertz CT molecular complexity index is 1430. The average molecular weight is 574 g/mol. The summed E-state index contributed by atoms with van der Waals surface area (Å²) in [6.07, 6.45) is 1.53. The molecule has 5 nitrogen and oxygen atoms in total. The van der Waals surface area contributed by atoms with Crippen molar-refractivity contribution in [2.75, 3.05) is 5.32 Å². The number of carbonyl (C=O) groups excluding carboxylic acids is 1. The Balaban J connectivity index is 1.35. The molecule has 0 unspecified atom stereocenters. The number of carbonyl (C=O) groups is 1. The fourth-order valence-electron chi connectivity index (χ4n) is 3.35. The van der Waals surface area contributed by atoms with Crippen LogP contribution in [0.1, 0.15) is 16.7 Å². The number of ether oxygens (including phenoxy) is 2. The second-order valence-corrected chi connectivity index (χ2v) is 9.32. The van der Waals surface area contributed by atoms with Crippen LogP contribution in [-0.4, -0.2) is 5.91 Å². The Hall–Kier alpha value is -4.05. The monoisotopic (exact) mass is 572 g/mol. The minimum absolute atomic E-state index is 0.0204. The number of nitriles is 1. The number of anilines is 1. The van der Waals surface area contributed by atoms with E-state index in [-0.39, 0.29) is 5.57 Å². The second kappa shape index (κ2) is 12.8. The van der Waals surface area contributed by atoms with Crippen LogP contribution < -0.4 is 14.8 Å². The standard InChI is InChI=1S/C30H22BrClN2O3/c31-28-17-23(8-15-29(28)37-20-21-4-2-1-3-5-21)16-24(18-33)30(35)34-26-11-13-27(14-12-26)36-19-22-6-9-25(32)10-7-22/h1-17H,19-20H2,(H,34,35)/b24-16+. The third-order valence-corrected chi connectivity index (χ3v) is 6.17. The fraction of sp³-hybridized carbons (Fsp3) is 0.0667. The molecular weight excluding hydrogens is 552 g/mol. The number of halogens is 2. The molecule has 37 heavy (non-hydrogen) atoms. The Morgan fingerprint density at radius 3 is 2.24 bits per heavy atom. The van der Waals surface area contributed by atoms with Gasteiger partial charge < -0.3 is 14.8 Å².